The van der Waals surface area contributed by atoms with Crippen molar-refractivity contribution in [3.63, 3.8) is 0 Å². The van der Waals surface area contributed by atoms with Crippen LogP contribution in [0.2, 0.25) is 0 Å². The molecular formula is C22H21N5O3. The predicted molar refractivity (Wildman–Crippen MR) is 110 cm³/mol. The zero-order valence-electron chi connectivity index (χ0n) is 16.6. The number of hydrogen-bond acceptors (Lipinski definition) is 5. The van der Waals surface area contributed by atoms with Crippen LogP contribution in [0.3, 0.4) is 0 Å². The van der Waals surface area contributed by atoms with Crippen molar-refractivity contribution in [2.75, 3.05) is 6.54 Å². The number of nitrogens with zero attached hydrogens (tertiary/aromatic N) is 5. The summed E-state index contributed by atoms with van der Waals surface area (Å²) in [5.74, 6) is 1.50. The molecule has 0 saturated heterocycles. The molecule has 1 aliphatic rings. The molecular weight excluding hydrogens is 382 g/mol. The Bertz CT molecular complexity index is 1190. The van der Waals surface area contributed by atoms with Gasteiger partial charge in [-0.1, -0.05) is 30.3 Å². The number of aromatic nitrogens is 4. The zero-order chi connectivity index (χ0) is 21.4. The maximum atomic E-state index is 13.0. The Morgan fingerprint density at radius 1 is 1.20 bits per heavy atom. The van der Waals surface area contributed by atoms with Crippen molar-refractivity contribution in [2.45, 2.75) is 32.0 Å². The summed E-state index contributed by atoms with van der Waals surface area (Å²) < 4.78 is 3.18. The summed E-state index contributed by atoms with van der Waals surface area (Å²) >= 11 is 0. The van der Waals surface area contributed by atoms with E-state index in [-0.39, 0.29) is 17.8 Å². The van der Waals surface area contributed by atoms with Crippen LogP contribution in [0.1, 0.15) is 47.7 Å². The summed E-state index contributed by atoms with van der Waals surface area (Å²) in [6, 6.07) is 10.4. The van der Waals surface area contributed by atoms with Gasteiger partial charge < -0.3 is 10.0 Å². The largest absolute Gasteiger partial charge is 0.502 e. The lowest BCUT2D eigenvalue weighted by atomic mass is 9.96. The maximum Gasteiger partial charge on any atom is 0.276 e. The summed E-state index contributed by atoms with van der Waals surface area (Å²) in [7, 11) is 0. The number of carbonyl (C=O) groups is 1. The van der Waals surface area contributed by atoms with E-state index >= 15 is 0 Å². The van der Waals surface area contributed by atoms with Crippen molar-refractivity contribution in [1.82, 2.24) is 24.5 Å². The number of terminal acetylenes is 1. The van der Waals surface area contributed by atoms with Gasteiger partial charge >= 0.3 is 0 Å². The summed E-state index contributed by atoms with van der Waals surface area (Å²) in [5.41, 5.74) is 0.610. The molecule has 2 aromatic heterocycles. The molecule has 2 atom stereocenters. The van der Waals surface area contributed by atoms with Gasteiger partial charge in [0.2, 0.25) is 5.43 Å². The predicted octanol–water partition coefficient (Wildman–Crippen LogP) is 1.82. The molecule has 3 heterocycles. The van der Waals surface area contributed by atoms with Crippen LogP contribution >= 0.6 is 0 Å². The molecule has 30 heavy (non-hydrogen) atoms. The number of amides is 1. The summed E-state index contributed by atoms with van der Waals surface area (Å²) in [4.78, 5) is 26.7. The highest BCUT2D eigenvalue weighted by molar-refractivity contribution is 5.95. The van der Waals surface area contributed by atoms with Gasteiger partial charge in [-0.2, -0.15) is 10.2 Å². The fraction of sp³-hybridized carbons (Fsp3) is 0.273. The molecule has 1 N–H and O–H groups in total. The molecule has 152 valence electrons. The number of rotatable bonds is 4. The van der Waals surface area contributed by atoms with E-state index in [1.165, 1.54) is 4.68 Å². The Morgan fingerprint density at radius 2 is 1.93 bits per heavy atom. The van der Waals surface area contributed by atoms with Crippen LogP contribution in [0.15, 0.2) is 53.6 Å². The molecule has 1 aromatic carbocycles. The van der Waals surface area contributed by atoms with Crippen molar-refractivity contribution < 1.29 is 9.90 Å². The van der Waals surface area contributed by atoms with Crippen molar-refractivity contribution in [3.8, 4) is 18.1 Å². The van der Waals surface area contributed by atoms with E-state index in [4.69, 9.17) is 6.42 Å². The Hall–Kier alpha value is -3.86. The van der Waals surface area contributed by atoms with Gasteiger partial charge in [0.15, 0.2) is 11.4 Å². The minimum Gasteiger partial charge on any atom is -0.502 e. The van der Waals surface area contributed by atoms with E-state index in [9.17, 15) is 14.7 Å². The fourth-order valence-electron chi connectivity index (χ4n) is 3.86. The van der Waals surface area contributed by atoms with Crippen LogP contribution in [0.25, 0.3) is 0 Å². The third-order valence-corrected chi connectivity index (χ3v) is 5.32. The molecule has 3 aromatic rings. The van der Waals surface area contributed by atoms with E-state index in [0.717, 1.165) is 11.8 Å². The summed E-state index contributed by atoms with van der Waals surface area (Å²) in [6.07, 6.45) is 8.32. The van der Waals surface area contributed by atoms with Crippen LogP contribution in [0.5, 0.6) is 5.75 Å². The SMILES string of the molecule is C#Cc1ccn([C@H](c2ccccc2)[C@H]2CN(C(C)C)C(=O)c3c(O)c(=O)cnn32)n1. The quantitative estimate of drug-likeness (QED) is 0.671. The molecule has 8 heteroatoms. The molecule has 8 nitrogen and oxygen atoms in total. The van der Waals surface area contributed by atoms with Gasteiger partial charge in [-0.05, 0) is 31.4 Å². The molecule has 0 unspecified atom stereocenters. The number of fused-ring (bicyclic) bond motifs is 1. The average molecular weight is 403 g/mol. The number of carbonyl (C=O) groups excluding carboxylic acids is 1. The van der Waals surface area contributed by atoms with Crippen LogP contribution in [0, 0.1) is 12.3 Å². The van der Waals surface area contributed by atoms with Crippen molar-refractivity contribution >= 4 is 5.91 Å². The van der Waals surface area contributed by atoms with Crippen molar-refractivity contribution in [3.05, 3.63) is 76.0 Å². The van der Waals surface area contributed by atoms with Gasteiger partial charge in [0.1, 0.15) is 11.7 Å². The van der Waals surface area contributed by atoms with Crippen LogP contribution in [-0.4, -0.2) is 48.1 Å². The molecule has 1 amide bonds. The molecule has 0 saturated carbocycles. The number of benzene rings is 1. The van der Waals surface area contributed by atoms with Crippen molar-refractivity contribution in [2.24, 2.45) is 0 Å². The van der Waals surface area contributed by atoms with Gasteiger partial charge in [0.05, 0.1) is 12.2 Å². The fourth-order valence-corrected chi connectivity index (χ4v) is 3.86. The smallest absolute Gasteiger partial charge is 0.276 e. The van der Waals surface area contributed by atoms with Gasteiger partial charge in [0.25, 0.3) is 5.91 Å². The van der Waals surface area contributed by atoms with Gasteiger partial charge in [-0.15, -0.1) is 6.42 Å². The molecule has 0 aliphatic carbocycles. The normalized spacial score (nSPS) is 16.9. The first-order chi connectivity index (χ1) is 14.4. The third kappa shape index (κ3) is 3.14. The van der Waals surface area contributed by atoms with Crippen LogP contribution in [-0.2, 0) is 0 Å². The standard InChI is InChI=1S/C22H21N5O3/c1-4-16-10-11-26(24-16)19(15-8-6-5-7-9-15)17-13-25(14(2)3)22(30)20-21(29)18(28)12-23-27(17)20/h1,5-12,14,17,19,29H,13H2,2-3H3/t17-,19-/m1/s1. The number of hydrogen-bond donors (Lipinski definition) is 1. The number of aromatic hydroxyl groups is 1. The van der Waals surface area contributed by atoms with E-state index < -0.39 is 23.1 Å². The van der Waals surface area contributed by atoms with E-state index in [2.05, 4.69) is 16.1 Å². The van der Waals surface area contributed by atoms with Crippen LogP contribution < -0.4 is 5.43 Å². The minimum absolute atomic E-state index is 0.113. The Morgan fingerprint density at radius 3 is 2.57 bits per heavy atom. The molecule has 1 aliphatic heterocycles. The van der Waals surface area contributed by atoms with Crippen LogP contribution in [0.4, 0.5) is 0 Å². The second kappa shape index (κ2) is 7.52. The van der Waals surface area contributed by atoms with E-state index in [1.807, 2.05) is 44.2 Å². The average Bonchev–Trinajstić information content (AvgIpc) is 3.21. The first-order valence-electron chi connectivity index (χ1n) is 9.60. The van der Waals surface area contributed by atoms with Gasteiger partial charge in [-0.25, -0.2) is 4.68 Å². The molecule has 0 fully saturated rings. The van der Waals surface area contributed by atoms with E-state index in [0.29, 0.717) is 12.2 Å². The second-order valence-electron chi connectivity index (χ2n) is 7.45. The highest BCUT2D eigenvalue weighted by atomic mass is 16.3. The first kappa shape index (κ1) is 19.5. The minimum atomic E-state index is -0.691. The topological polar surface area (TPSA) is 93.3 Å². The van der Waals surface area contributed by atoms with E-state index in [1.54, 1.807) is 21.8 Å². The monoisotopic (exact) mass is 403 g/mol. The third-order valence-electron chi connectivity index (χ3n) is 5.32. The maximum absolute atomic E-state index is 13.0. The highest BCUT2D eigenvalue weighted by Gasteiger charge is 2.40. The molecule has 0 radical (unpaired) electrons. The Balaban J connectivity index is 1.95. The Labute approximate surface area is 173 Å². The lowest BCUT2D eigenvalue weighted by Gasteiger charge is -2.40. The molecule has 0 spiro atoms. The second-order valence-corrected chi connectivity index (χ2v) is 7.45. The van der Waals surface area contributed by atoms with Gasteiger partial charge in [-0.3, -0.25) is 14.3 Å². The highest BCUT2D eigenvalue weighted by Crippen LogP contribution is 2.36. The van der Waals surface area contributed by atoms with Gasteiger partial charge in [0, 0.05) is 18.8 Å². The summed E-state index contributed by atoms with van der Waals surface area (Å²) in [5, 5.41) is 19.1. The first-order valence-corrected chi connectivity index (χ1v) is 9.60. The lowest BCUT2D eigenvalue weighted by molar-refractivity contribution is 0.0547. The van der Waals surface area contributed by atoms with Crippen molar-refractivity contribution in [1.29, 1.82) is 0 Å². The lowest BCUT2D eigenvalue weighted by Crippen LogP contribution is -2.50. The molecule has 4 rings (SSSR count). The molecule has 0 bridgehead atoms. The zero-order valence-corrected chi connectivity index (χ0v) is 16.6. The Kier molecular flexibility index (Phi) is 4.88. The summed E-state index contributed by atoms with van der Waals surface area (Å²) in [6.45, 7) is 4.10.